The van der Waals surface area contributed by atoms with Crippen LogP contribution < -0.4 is 16.0 Å². The molecule has 0 aliphatic carbocycles. The SMILES string of the molecule is CCCNC(=O)c1cccc(CNC(=NC)NCc2cc(C(CC)CC)no2)c1. The Morgan fingerprint density at radius 2 is 1.86 bits per heavy atom. The molecule has 29 heavy (non-hydrogen) atoms. The number of benzene rings is 1. The molecule has 1 amide bonds. The van der Waals surface area contributed by atoms with Crippen LogP contribution in [0.15, 0.2) is 39.8 Å². The summed E-state index contributed by atoms with van der Waals surface area (Å²) in [7, 11) is 1.72. The highest BCUT2D eigenvalue weighted by atomic mass is 16.5. The van der Waals surface area contributed by atoms with Crippen molar-refractivity contribution in [2.45, 2.75) is 59.0 Å². The number of nitrogens with zero attached hydrogens (tertiary/aromatic N) is 2. The summed E-state index contributed by atoms with van der Waals surface area (Å²) in [6, 6.07) is 9.60. The Morgan fingerprint density at radius 1 is 1.10 bits per heavy atom. The van der Waals surface area contributed by atoms with Gasteiger partial charge in [0.1, 0.15) is 0 Å². The van der Waals surface area contributed by atoms with E-state index in [1.54, 1.807) is 7.05 Å². The molecule has 2 rings (SSSR count). The third kappa shape index (κ3) is 6.93. The van der Waals surface area contributed by atoms with E-state index >= 15 is 0 Å². The minimum atomic E-state index is -0.0465. The molecule has 0 bridgehead atoms. The first-order valence-electron chi connectivity index (χ1n) is 10.4. The van der Waals surface area contributed by atoms with E-state index in [2.05, 4.69) is 39.9 Å². The molecule has 7 nitrogen and oxygen atoms in total. The Hall–Kier alpha value is -2.83. The predicted molar refractivity (Wildman–Crippen MR) is 116 cm³/mol. The lowest BCUT2D eigenvalue weighted by Crippen LogP contribution is -2.36. The van der Waals surface area contributed by atoms with Crippen molar-refractivity contribution in [1.29, 1.82) is 0 Å². The van der Waals surface area contributed by atoms with Crippen molar-refractivity contribution in [2.24, 2.45) is 4.99 Å². The van der Waals surface area contributed by atoms with Gasteiger partial charge in [0.15, 0.2) is 11.7 Å². The quantitative estimate of drug-likeness (QED) is 0.419. The first-order chi connectivity index (χ1) is 14.1. The highest BCUT2D eigenvalue weighted by Crippen LogP contribution is 2.22. The van der Waals surface area contributed by atoms with Crippen LogP contribution in [0.1, 0.15) is 73.3 Å². The molecule has 1 aromatic heterocycles. The molecule has 7 heteroatoms. The predicted octanol–water partition coefficient (Wildman–Crippen LogP) is 3.58. The van der Waals surface area contributed by atoms with Crippen LogP contribution in [0, 0.1) is 0 Å². The van der Waals surface area contributed by atoms with Gasteiger partial charge in [0.2, 0.25) is 0 Å². The second-order valence-electron chi connectivity index (χ2n) is 6.97. The van der Waals surface area contributed by atoms with Crippen molar-refractivity contribution in [3.05, 3.63) is 52.9 Å². The lowest BCUT2D eigenvalue weighted by atomic mass is 9.99. The molecule has 0 radical (unpaired) electrons. The topological polar surface area (TPSA) is 91.5 Å². The van der Waals surface area contributed by atoms with Crippen molar-refractivity contribution in [1.82, 2.24) is 21.1 Å². The molecule has 0 unspecified atom stereocenters. The average Bonchev–Trinajstić information content (AvgIpc) is 3.22. The Labute approximate surface area is 173 Å². The fourth-order valence-corrected chi connectivity index (χ4v) is 3.05. The van der Waals surface area contributed by atoms with Crippen LogP contribution in [-0.4, -0.2) is 30.6 Å². The maximum absolute atomic E-state index is 12.1. The van der Waals surface area contributed by atoms with E-state index in [4.69, 9.17) is 4.52 Å². The van der Waals surface area contributed by atoms with Crippen LogP contribution in [0.5, 0.6) is 0 Å². The Bertz CT molecular complexity index is 796. The van der Waals surface area contributed by atoms with E-state index in [9.17, 15) is 4.79 Å². The van der Waals surface area contributed by atoms with Gasteiger partial charge in [-0.25, -0.2) is 0 Å². The number of aliphatic imine (C=N–C) groups is 1. The number of carbonyl (C=O) groups is 1. The van der Waals surface area contributed by atoms with Crippen molar-refractivity contribution in [3.63, 3.8) is 0 Å². The summed E-state index contributed by atoms with van der Waals surface area (Å²) in [4.78, 5) is 16.4. The summed E-state index contributed by atoms with van der Waals surface area (Å²) in [6.07, 6.45) is 3.02. The summed E-state index contributed by atoms with van der Waals surface area (Å²) in [5.74, 6) is 1.83. The minimum absolute atomic E-state index is 0.0465. The molecule has 1 aromatic carbocycles. The number of hydrogen-bond donors (Lipinski definition) is 3. The van der Waals surface area contributed by atoms with Gasteiger partial charge in [0.25, 0.3) is 5.91 Å². The van der Waals surface area contributed by atoms with Crippen LogP contribution in [0.25, 0.3) is 0 Å². The van der Waals surface area contributed by atoms with E-state index in [0.29, 0.717) is 37.1 Å². The Morgan fingerprint density at radius 3 is 2.55 bits per heavy atom. The van der Waals surface area contributed by atoms with E-state index < -0.39 is 0 Å². The Kier molecular flexibility index (Phi) is 9.21. The van der Waals surface area contributed by atoms with E-state index in [0.717, 1.165) is 36.3 Å². The van der Waals surface area contributed by atoms with Crippen LogP contribution in [0.2, 0.25) is 0 Å². The minimum Gasteiger partial charge on any atom is -0.359 e. The second kappa shape index (κ2) is 11.9. The van der Waals surface area contributed by atoms with Crippen molar-refractivity contribution in [3.8, 4) is 0 Å². The number of nitrogens with one attached hydrogen (secondary N) is 3. The van der Waals surface area contributed by atoms with Gasteiger partial charge >= 0.3 is 0 Å². The van der Waals surface area contributed by atoms with Crippen LogP contribution in [0.4, 0.5) is 0 Å². The zero-order chi connectivity index (χ0) is 21.1. The summed E-state index contributed by atoms with van der Waals surface area (Å²) < 4.78 is 5.44. The third-order valence-corrected chi connectivity index (χ3v) is 4.82. The molecular weight excluding hydrogens is 366 g/mol. The molecule has 158 valence electrons. The molecule has 0 atom stereocenters. The first kappa shape index (κ1) is 22.5. The van der Waals surface area contributed by atoms with Gasteiger partial charge in [0.05, 0.1) is 12.2 Å². The third-order valence-electron chi connectivity index (χ3n) is 4.82. The number of carbonyl (C=O) groups excluding carboxylic acids is 1. The standard InChI is InChI=1S/C22H33N5O2/c1-5-11-24-21(28)18-10-8-9-16(12-18)14-25-22(23-4)26-15-19-13-20(27-29-19)17(6-2)7-3/h8-10,12-13,17H,5-7,11,14-15H2,1-4H3,(H,24,28)(H2,23,25,26). The summed E-state index contributed by atoms with van der Waals surface area (Å²) in [6.45, 7) is 8.10. The van der Waals surface area contributed by atoms with Gasteiger partial charge in [-0.3, -0.25) is 9.79 Å². The lowest BCUT2D eigenvalue weighted by molar-refractivity contribution is 0.0953. The van der Waals surface area contributed by atoms with E-state index in [-0.39, 0.29) is 5.91 Å². The van der Waals surface area contributed by atoms with Gasteiger partial charge in [-0.15, -0.1) is 0 Å². The zero-order valence-electron chi connectivity index (χ0n) is 17.9. The summed E-state index contributed by atoms with van der Waals surface area (Å²) in [5, 5.41) is 13.6. The van der Waals surface area contributed by atoms with Crippen LogP contribution in [-0.2, 0) is 13.1 Å². The highest BCUT2D eigenvalue weighted by molar-refractivity contribution is 5.94. The molecule has 1 heterocycles. The molecule has 0 saturated heterocycles. The van der Waals surface area contributed by atoms with Gasteiger partial charge in [-0.1, -0.05) is 38.1 Å². The normalized spacial score (nSPS) is 11.6. The molecule has 3 N–H and O–H groups in total. The van der Waals surface area contributed by atoms with Crippen molar-refractivity contribution >= 4 is 11.9 Å². The molecule has 0 saturated carbocycles. The van der Waals surface area contributed by atoms with E-state index in [1.807, 2.05) is 37.3 Å². The number of rotatable bonds is 10. The molecule has 0 aliphatic heterocycles. The molecule has 0 fully saturated rings. The summed E-state index contributed by atoms with van der Waals surface area (Å²) >= 11 is 0. The molecule has 0 aliphatic rings. The maximum atomic E-state index is 12.1. The second-order valence-corrected chi connectivity index (χ2v) is 6.97. The maximum Gasteiger partial charge on any atom is 0.251 e. The van der Waals surface area contributed by atoms with Crippen LogP contribution in [0.3, 0.4) is 0 Å². The van der Waals surface area contributed by atoms with E-state index in [1.165, 1.54) is 0 Å². The largest absolute Gasteiger partial charge is 0.359 e. The summed E-state index contributed by atoms with van der Waals surface area (Å²) in [5.41, 5.74) is 2.68. The van der Waals surface area contributed by atoms with Gasteiger partial charge < -0.3 is 20.5 Å². The highest BCUT2D eigenvalue weighted by Gasteiger charge is 2.13. The van der Waals surface area contributed by atoms with Crippen molar-refractivity contribution in [2.75, 3.05) is 13.6 Å². The lowest BCUT2D eigenvalue weighted by Gasteiger charge is -2.11. The molecule has 2 aromatic rings. The van der Waals surface area contributed by atoms with Crippen molar-refractivity contribution < 1.29 is 9.32 Å². The molecular formula is C22H33N5O2. The number of aromatic nitrogens is 1. The first-order valence-corrected chi connectivity index (χ1v) is 10.4. The van der Waals surface area contributed by atoms with Crippen LogP contribution >= 0.6 is 0 Å². The number of amides is 1. The average molecular weight is 400 g/mol. The fraction of sp³-hybridized carbons (Fsp3) is 0.500. The number of guanidine groups is 1. The number of hydrogen-bond acceptors (Lipinski definition) is 4. The Balaban J connectivity index is 1.87. The monoisotopic (exact) mass is 399 g/mol. The van der Waals surface area contributed by atoms with Gasteiger partial charge in [-0.05, 0) is 37.0 Å². The smallest absolute Gasteiger partial charge is 0.251 e. The van der Waals surface area contributed by atoms with Gasteiger partial charge in [-0.2, -0.15) is 0 Å². The van der Waals surface area contributed by atoms with Gasteiger partial charge in [0, 0.05) is 37.7 Å². The zero-order valence-corrected chi connectivity index (χ0v) is 17.9. The fourth-order valence-electron chi connectivity index (χ4n) is 3.05. The molecule has 0 spiro atoms.